The van der Waals surface area contributed by atoms with Crippen molar-refractivity contribution in [2.24, 2.45) is 5.73 Å². The molecular weight excluding hydrogens is 267 g/mol. The second-order valence-electron chi connectivity index (χ2n) is 4.96. The zero-order valence-electron chi connectivity index (χ0n) is 11.0. The molecule has 0 aromatic heterocycles. The minimum atomic E-state index is -3.00. The molecule has 1 aromatic rings. The van der Waals surface area contributed by atoms with Crippen molar-refractivity contribution in [3.63, 3.8) is 0 Å². The molecule has 0 aliphatic carbocycles. The predicted octanol–water partition coefficient (Wildman–Crippen LogP) is 1.47. The van der Waals surface area contributed by atoms with Crippen LogP contribution in [0.3, 0.4) is 0 Å². The van der Waals surface area contributed by atoms with E-state index in [9.17, 15) is 12.8 Å². The maximum Gasteiger partial charge on any atom is 0.152 e. The van der Waals surface area contributed by atoms with Crippen LogP contribution >= 0.6 is 0 Å². The van der Waals surface area contributed by atoms with Gasteiger partial charge in [0.25, 0.3) is 0 Å². The number of benzene rings is 1. The summed E-state index contributed by atoms with van der Waals surface area (Å²) in [5, 5.41) is 0. The van der Waals surface area contributed by atoms with Gasteiger partial charge in [-0.15, -0.1) is 0 Å². The first-order valence-electron chi connectivity index (χ1n) is 6.40. The van der Waals surface area contributed by atoms with Gasteiger partial charge >= 0.3 is 0 Å². The van der Waals surface area contributed by atoms with E-state index in [1.807, 2.05) is 0 Å². The largest absolute Gasteiger partial charge is 0.368 e. The summed E-state index contributed by atoms with van der Waals surface area (Å²) in [4.78, 5) is 1.80. The van der Waals surface area contributed by atoms with Crippen molar-refractivity contribution in [3.05, 3.63) is 29.6 Å². The van der Waals surface area contributed by atoms with Crippen LogP contribution in [0.1, 0.15) is 24.9 Å². The van der Waals surface area contributed by atoms with Gasteiger partial charge in [-0.05, 0) is 25.0 Å². The fourth-order valence-corrected chi connectivity index (χ4v) is 3.67. The van der Waals surface area contributed by atoms with Gasteiger partial charge in [0.2, 0.25) is 0 Å². The van der Waals surface area contributed by atoms with Crippen molar-refractivity contribution in [2.75, 3.05) is 29.5 Å². The Bertz CT molecular complexity index is 558. The Morgan fingerprint density at radius 2 is 2.05 bits per heavy atom. The molecule has 2 rings (SSSR count). The van der Waals surface area contributed by atoms with Crippen LogP contribution in [0, 0.1) is 5.82 Å². The summed E-state index contributed by atoms with van der Waals surface area (Å²) in [6.07, 6.45) is 0.523. The Kier molecular flexibility index (Phi) is 4.10. The number of para-hydroxylation sites is 1. The van der Waals surface area contributed by atoms with Crippen molar-refractivity contribution in [1.82, 2.24) is 0 Å². The Hall–Kier alpha value is -1.14. The fourth-order valence-electron chi connectivity index (χ4n) is 2.40. The van der Waals surface area contributed by atoms with Gasteiger partial charge in [-0.25, -0.2) is 12.8 Å². The Labute approximate surface area is 113 Å². The monoisotopic (exact) mass is 286 g/mol. The molecule has 1 heterocycles. The number of rotatable bonds is 2. The number of halogens is 1. The van der Waals surface area contributed by atoms with E-state index in [1.165, 1.54) is 6.07 Å². The third-order valence-electron chi connectivity index (χ3n) is 3.38. The SMILES string of the molecule is C[C@H](N)c1cccc(F)c1N1CCCS(=O)(=O)CC1. The van der Waals surface area contributed by atoms with E-state index in [1.54, 1.807) is 24.0 Å². The number of nitrogens with two attached hydrogens (primary N) is 1. The van der Waals surface area contributed by atoms with Gasteiger partial charge < -0.3 is 10.6 Å². The fraction of sp³-hybridized carbons (Fsp3) is 0.538. The minimum absolute atomic E-state index is 0.0692. The van der Waals surface area contributed by atoms with Crippen LogP contribution in [-0.2, 0) is 9.84 Å². The Balaban J connectivity index is 2.36. The van der Waals surface area contributed by atoms with E-state index >= 15 is 0 Å². The second kappa shape index (κ2) is 5.46. The maximum atomic E-state index is 14.1. The van der Waals surface area contributed by atoms with E-state index in [-0.39, 0.29) is 23.4 Å². The zero-order valence-corrected chi connectivity index (χ0v) is 11.8. The van der Waals surface area contributed by atoms with Crippen molar-refractivity contribution >= 4 is 15.5 Å². The number of hydrogen-bond donors (Lipinski definition) is 1. The molecule has 1 fully saturated rings. The lowest BCUT2D eigenvalue weighted by molar-refractivity contribution is 0.596. The molecule has 6 heteroatoms. The van der Waals surface area contributed by atoms with Crippen molar-refractivity contribution in [3.8, 4) is 0 Å². The maximum absolute atomic E-state index is 14.1. The van der Waals surface area contributed by atoms with E-state index in [0.717, 1.165) is 5.56 Å². The normalized spacial score (nSPS) is 20.9. The number of anilines is 1. The molecule has 1 aliphatic rings. The summed E-state index contributed by atoms with van der Waals surface area (Å²) in [7, 11) is -3.00. The highest BCUT2D eigenvalue weighted by Gasteiger charge is 2.23. The molecule has 2 N–H and O–H groups in total. The van der Waals surface area contributed by atoms with Crippen LogP contribution in [0.4, 0.5) is 10.1 Å². The summed E-state index contributed by atoms with van der Waals surface area (Å²) < 4.78 is 37.3. The first-order chi connectivity index (χ1) is 8.91. The summed E-state index contributed by atoms with van der Waals surface area (Å²) in [6, 6.07) is 4.53. The second-order valence-corrected chi connectivity index (χ2v) is 7.26. The van der Waals surface area contributed by atoms with Gasteiger partial charge in [0.05, 0.1) is 17.2 Å². The van der Waals surface area contributed by atoms with Crippen molar-refractivity contribution in [1.29, 1.82) is 0 Å². The minimum Gasteiger partial charge on any atom is -0.368 e. The van der Waals surface area contributed by atoms with Gasteiger partial charge in [-0.3, -0.25) is 0 Å². The molecule has 1 saturated heterocycles. The topological polar surface area (TPSA) is 63.4 Å². The molecular formula is C13H19FN2O2S. The quantitative estimate of drug-likeness (QED) is 0.894. The van der Waals surface area contributed by atoms with Crippen LogP contribution in [0.2, 0.25) is 0 Å². The van der Waals surface area contributed by atoms with Crippen LogP contribution in [0.25, 0.3) is 0 Å². The molecule has 0 radical (unpaired) electrons. The van der Waals surface area contributed by atoms with E-state index < -0.39 is 9.84 Å². The van der Waals surface area contributed by atoms with Crippen LogP contribution in [-0.4, -0.2) is 33.0 Å². The highest BCUT2D eigenvalue weighted by molar-refractivity contribution is 7.91. The standard InChI is InChI=1S/C13H19FN2O2S/c1-10(15)11-4-2-5-12(14)13(11)16-6-3-8-19(17,18)9-7-16/h2,4-5,10H,3,6-9,15H2,1H3/t10-/m0/s1. The first kappa shape index (κ1) is 14.3. The smallest absolute Gasteiger partial charge is 0.152 e. The first-order valence-corrected chi connectivity index (χ1v) is 8.22. The van der Waals surface area contributed by atoms with Crippen molar-refractivity contribution in [2.45, 2.75) is 19.4 Å². The number of sulfone groups is 1. The molecule has 1 aliphatic heterocycles. The molecule has 0 bridgehead atoms. The molecule has 0 spiro atoms. The van der Waals surface area contributed by atoms with Gasteiger partial charge in [-0.1, -0.05) is 12.1 Å². The van der Waals surface area contributed by atoms with E-state index in [4.69, 9.17) is 5.73 Å². The number of nitrogens with zero attached hydrogens (tertiary/aromatic N) is 1. The third kappa shape index (κ3) is 3.25. The van der Waals surface area contributed by atoms with E-state index in [2.05, 4.69) is 0 Å². The van der Waals surface area contributed by atoms with Gasteiger partial charge in [0, 0.05) is 19.1 Å². The summed E-state index contributed by atoms with van der Waals surface area (Å²) in [6.45, 7) is 2.66. The molecule has 106 valence electrons. The summed E-state index contributed by atoms with van der Waals surface area (Å²) in [5.41, 5.74) is 7.05. The Morgan fingerprint density at radius 1 is 1.32 bits per heavy atom. The van der Waals surface area contributed by atoms with Crippen molar-refractivity contribution < 1.29 is 12.8 Å². The summed E-state index contributed by atoms with van der Waals surface area (Å²) >= 11 is 0. The number of hydrogen-bond acceptors (Lipinski definition) is 4. The average Bonchev–Trinajstić information content (AvgIpc) is 2.50. The molecule has 1 aromatic carbocycles. The lowest BCUT2D eigenvalue weighted by Crippen LogP contribution is -2.29. The molecule has 1 atom stereocenters. The highest BCUT2D eigenvalue weighted by atomic mass is 32.2. The molecule has 19 heavy (non-hydrogen) atoms. The molecule has 4 nitrogen and oxygen atoms in total. The van der Waals surface area contributed by atoms with Crippen LogP contribution in [0.5, 0.6) is 0 Å². The van der Waals surface area contributed by atoms with E-state index in [0.29, 0.717) is 25.2 Å². The van der Waals surface area contributed by atoms with Crippen LogP contribution < -0.4 is 10.6 Å². The Morgan fingerprint density at radius 3 is 2.74 bits per heavy atom. The van der Waals surface area contributed by atoms with Gasteiger partial charge in [0.1, 0.15) is 5.82 Å². The average molecular weight is 286 g/mol. The molecule has 0 saturated carbocycles. The third-order valence-corrected chi connectivity index (χ3v) is 5.10. The molecule has 0 unspecified atom stereocenters. The van der Waals surface area contributed by atoms with Gasteiger partial charge in [-0.2, -0.15) is 0 Å². The molecule has 0 amide bonds. The van der Waals surface area contributed by atoms with Crippen LogP contribution in [0.15, 0.2) is 18.2 Å². The lowest BCUT2D eigenvalue weighted by atomic mass is 10.1. The zero-order chi connectivity index (χ0) is 14.0. The lowest BCUT2D eigenvalue weighted by Gasteiger charge is -2.26. The summed E-state index contributed by atoms with van der Waals surface area (Å²) in [5.74, 6) is -0.0975. The highest BCUT2D eigenvalue weighted by Crippen LogP contribution is 2.29. The van der Waals surface area contributed by atoms with Gasteiger partial charge in [0.15, 0.2) is 9.84 Å². The predicted molar refractivity (Wildman–Crippen MR) is 74.5 cm³/mol.